The molecule has 2 bridgehead atoms. The quantitative estimate of drug-likeness (QED) is 0.624. The Hall–Kier alpha value is -1.33. The predicted molar refractivity (Wildman–Crippen MR) is 91.3 cm³/mol. The Morgan fingerprint density at radius 1 is 1.04 bits per heavy atom. The SMILES string of the molecule is CC1(C)OB(C23CC(C(=O)OCc4ccccc4)(C2)C3)OC1(C)C. The van der Waals surface area contributed by atoms with Crippen LogP contribution in [0.3, 0.4) is 0 Å². The Morgan fingerprint density at radius 3 is 2.12 bits per heavy atom. The zero-order valence-corrected chi connectivity index (χ0v) is 14.9. The van der Waals surface area contributed by atoms with Gasteiger partial charge in [-0.2, -0.15) is 0 Å². The highest BCUT2D eigenvalue weighted by molar-refractivity contribution is 6.51. The molecule has 0 radical (unpaired) electrons. The van der Waals surface area contributed by atoms with E-state index in [-0.39, 0.29) is 35.0 Å². The minimum atomic E-state index is -0.311. The lowest BCUT2D eigenvalue weighted by Crippen LogP contribution is -2.67. The molecule has 1 heterocycles. The standard InChI is InChI=1S/C19H25BO4/c1-16(2)17(3,4)24-20(23-16)19-11-18(12-19,13-19)15(21)22-10-14-8-6-5-7-9-14/h5-9H,10-13H2,1-4H3. The number of ether oxygens (including phenoxy) is 1. The Balaban J connectivity index is 1.34. The third-order valence-corrected chi connectivity index (χ3v) is 6.47. The van der Waals surface area contributed by atoms with Gasteiger partial charge in [-0.25, -0.2) is 0 Å². The van der Waals surface area contributed by atoms with E-state index in [0.29, 0.717) is 6.61 Å². The molecule has 5 rings (SSSR count). The van der Waals surface area contributed by atoms with Crippen LogP contribution >= 0.6 is 0 Å². The second-order valence-corrected chi connectivity index (χ2v) is 8.82. The van der Waals surface area contributed by atoms with Crippen molar-refractivity contribution in [2.75, 3.05) is 0 Å². The van der Waals surface area contributed by atoms with Gasteiger partial charge in [-0.1, -0.05) is 30.3 Å². The van der Waals surface area contributed by atoms with Crippen LogP contribution in [0.15, 0.2) is 30.3 Å². The molecule has 3 saturated carbocycles. The van der Waals surface area contributed by atoms with Crippen LogP contribution < -0.4 is 0 Å². The molecule has 128 valence electrons. The lowest BCUT2D eigenvalue weighted by Gasteiger charge is -2.68. The number of hydrogen-bond donors (Lipinski definition) is 0. The van der Waals surface area contributed by atoms with Crippen LogP contribution in [0.2, 0.25) is 5.31 Å². The summed E-state index contributed by atoms with van der Waals surface area (Å²) in [5, 5.41) is 0.0107. The van der Waals surface area contributed by atoms with Crippen molar-refractivity contribution in [3.05, 3.63) is 35.9 Å². The molecule has 0 aromatic heterocycles. The summed E-state index contributed by atoms with van der Waals surface area (Å²) in [5.74, 6) is -0.0651. The minimum absolute atomic E-state index is 0.0107. The molecule has 0 unspecified atom stereocenters. The fraction of sp³-hybridized carbons (Fsp3) is 0.632. The third kappa shape index (κ3) is 2.17. The fourth-order valence-electron chi connectivity index (χ4n) is 4.30. The highest BCUT2D eigenvalue weighted by atomic mass is 16.7. The summed E-state index contributed by atoms with van der Waals surface area (Å²) in [6.45, 7) is 8.64. The zero-order valence-electron chi connectivity index (χ0n) is 14.9. The van der Waals surface area contributed by atoms with Gasteiger partial charge in [-0.3, -0.25) is 4.79 Å². The van der Waals surface area contributed by atoms with E-state index in [1.54, 1.807) is 0 Å². The molecule has 0 atom stereocenters. The lowest BCUT2D eigenvalue weighted by molar-refractivity contribution is -0.192. The topological polar surface area (TPSA) is 44.8 Å². The molecule has 0 N–H and O–H groups in total. The monoisotopic (exact) mass is 328 g/mol. The van der Waals surface area contributed by atoms with Crippen molar-refractivity contribution in [3.63, 3.8) is 0 Å². The van der Waals surface area contributed by atoms with Crippen LogP contribution in [0.25, 0.3) is 0 Å². The molecule has 1 saturated heterocycles. The second-order valence-electron chi connectivity index (χ2n) is 8.82. The highest BCUT2D eigenvalue weighted by Crippen LogP contribution is 2.81. The van der Waals surface area contributed by atoms with Gasteiger partial charge in [0.1, 0.15) is 6.61 Å². The van der Waals surface area contributed by atoms with E-state index >= 15 is 0 Å². The van der Waals surface area contributed by atoms with Crippen LogP contribution in [-0.4, -0.2) is 24.3 Å². The lowest BCUT2D eigenvalue weighted by atomic mass is 9.24. The number of esters is 1. The van der Waals surface area contributed by atoms with E-state index in [2.05, 4.69) is 27.7 Å². The average molecular weight is 328 g/mol. The maximum atomic E-state index is 12.5. The average Bonchev–Trinajstić information content (AvgIpc) is 2.63. The first kappa shape index (κ1) is 16.2. The molecule has 1 aromatic rings. The van der Waals surface area contributed by atoms with Gasteiger partial charge in [0.15, 0.2) is 0 Å². The van der Waals surface area contributed by atoms with Crippen LogP contribution in [0, 0.1) is 5.41 Å². The summed E-state index contributed by atoms with van der Waals surface area (Å²) in [7, 11) is -0.203. The molecule has 1 aliphatic heterocycles. The molecule has 4 fully saturated rings. The Morgan fingerprint density at radius 2 is 1.58 bits per heavy atom. The summed E-state index contributed by atoms with van der Waals surface area (Å²) in [6.07, 6.45) is 2.47. The van der Waals surface area contributed by atoms with Crippen molar-refractivity contribution in [1.82, 2.24) is 0 Å². The molecular formula is C19H25BO4. The molecule has 3 aliphatic carbocycles. The van der Waals surface area contributed by atoms with Crippen molar-refractivity contribution in [2.45, 2.75) is 70.1 Å². The van der Waals surface area contributed by atoms with E-state index in [9.17, 15) is 4.79 Å². The number of benzene rings is 1. The van der Waals surface area contributed by atoms with Crippen molar-refractivity contribution in [3.8, 4) is 0 Å². The van der Waals surface area contributed by atoms with E-state index in [1.165, 1.54) is 0 Å². The molecule has 0 spiro atoms. The molecule has 24 heavy (non-hydrogen) atoms. The van der Waals surface area contributed by atoms with Gasteiger partial charge in [0.2, 0.25) is 0 Å². The number of hydrogen-bond acceptors (Lipinski definition) is 4. The highest BCUT2D eigenvalue weighted by Gasteiger charge is 2.79. The van der Waals surface area contributed by atoms with E-state index in [4.69, 9.17) is 14.0 Å². The first-order valence-electron chi connectivity index (χ1n) is 8.75. The normalized spacial score (nSPS) is 35.1. The summed E-state index contributed by atoms with van der Waals surface area (Å²) >= 11 is 0. The summed E-state index contributed by atoms with van der Waals surface area (Å²) in [4.78, 5) is 12.5. The summed E-state index contributed by atoms with van der Waals surface area (Å²) in [6, 6.07) is 9.82. The van der Waals surface area contributed by atoms with Crippen molar-refractivity contribution in [2.24, 2.45) is 5.41 Å². The molecular weight excluding hydrogens is 303 g/mol. The van der Waals surface area contributed by atoms with Crippen LogP contribution in [-0.2, 0) is 25.4 Å². The van der Waals surface area contributed by atoms with E-state index in [1.807, 2.05) is 30.3 Å². The van der Waals surface area contributed by atoms with Crippen LogP contribution in [0.5, 0.6) is 0 Å². The smallest absolute Gasteiger partial charge is 0.460 e. The zero-order chi connectivity index (χ0) is 17.2. The molecule has 4 aliphatic rings. The maximum Gasteiger partial charge on any atom is 0.464 e. The van der Waals surface area contributed by atoms with Crippen LogP contribution in [0.4, 0.5) is 0 Å². The Kier molecular flexibility index (Phi) is 3.27. The molecule has 1 aromatic carbocycles. The first-order chi connectivity index (χ1) is 11.2. The van der Waals surface area contributed by atoms with Gasteiger partial charge in [-0.05, 0) is 52.5 Å². The Bertz CT molecular complexity index is 631. The second kappa shape index (κ2) is 4.86. The van der Waals surface area contributed by atoms with Gasteiger partial charge in [-0.15, -0.1) is 0 Å². The van der Waals surface area contributed by atoms with Crippen molar-refractivity contribution >= 4 is 13.1 Å². The predicted octanol–water partition coefficient (Wildman–Crippen LogP) is 3.75. The van der Waals surface area contributed by atoms with E-state index in [0.717, 1.165) is 24.8 Å². The van der Waals surface area contributed by atoms with Gasteiger partial charge in [0, 0.05) is 5.31 Å². The molecule has 5 heteroatoms. The first-order valence-corrected chi connectivity index (χ1v) is 8.75. The Labute approximate surface area is 144 Å². The van der Waals surface area contributed by atoms with Gasteiger partial charge in [0.05, 0.1) is 16.6 Å². The van der Waals surface area contributed by atoms with Gasteiger partial charge in [0.25, 0.3) is 0 Å². The maximum absolute atomic E-state index is 12.5. The number of carbonyl (C=O) groups is 1. The summed E-state index contributed by atoms with van der Waals surface area (Å²) < 4.78 is 17.9. The van der Waals surface area contributed by atoms with Crippen molar-refractivity contribution < 1.29 is 18.8 Å². The number of carbonyl (C=O) groups excluding carboxylic acids is 1. The molecule has 0 amide bonds. The minimum Gasteiger partial charge on any atom is -0.460 e. The summed E-state index contributed by atoms with van der Waals surface area (Å²) in [5.41, 5.74) is 0.110. The third-order valence-electron chi connectivity index (χ3n) is 6.47. The van der Waals surface area contributed by atoms with Gasteiger partial charge >= 0.3 is 13.1 Å². The van der Waals surface area contributed by atoms with E-state index < -0.39 is 0 Å². The number of rotatable bonds is 4. The van der Waals surface area contributed by atoms with Crippen molar-refractivity contribution in [1.29, 1.82) is 0 Å². The largest absolute Gasteiger partial charge is 0.464 e. The fourth-order valence-corrected chi connectivity index (χ4v) is 4.30. The van der Waals surface area contributed by atoms with Crippen LogP contribution in [0.1, 0.15) is 52.5 Å². The molecule has 4 nitrogen and oxygen atoms in total. The van der Waals surface area contributed by atoms with Gasteiger partial charge < -0.3 is 14.0 Å².